The minimum atomic E-state index is -3.31. The zero-order chi connectivity index (χ0) is 14.6. The van der Waals surface area contributed by atoms with E-state index < -0.39 is 42.3 Å². The predicted octanol–water partition coefficient (Wildman–Crippen LogP) is 2.72. The maximum atomic E-state index is 12.6. The number of halogens is 4. The summed E-state index contributed by atoms with van der Waals surface area (Å²) in [5.74, 6) is -2.14. The molecule has 0 heterocycles. The molecule has 8 heteroatoms. The van der Waals surface area contributed by atoms with Crippen LogP contribution >= 0.6 is 0 Å². The van der Waals surface area contributed by atoms with Crippen LogP contribution in [0.4, 0.5) is 17.6 Å². The van der Waals surface area contributed by atoms with Crippen molar-refractivity contribution < 1.29 is 32.2 Å². The van der Waals surface area contributed by atoms with Crippen LogP contribution in [0.15, 0.2) is 12.1 Å². The van der Waals surface area contributed by atoms with Crippen molar-refractivity contribution in [3.63, 3.8) is 0 Å². The van der Waals surface area contributed by atoms with E-state index in [9.17, 15) is 22.4 Å². The van der Waals surface area contributed by atoms with Crippen molar-refractivity contribution in [2.24, 2.45) is 0 Å². The molecule has 1 N–H and O–H groups in total. The highest BCUT2D eigenvalue weighted by atomic mass is 19.3. The van der Waals surface area contributed by atoms with Crippen LogP contribution in [-0.4, -0.2) is 17.7 Å². The quantitative estimate of drug-likeness (QED) is 0.840. The molecular formula is C11H7F4NO3. The molecule has 0 bridgehead atoms. The Kier molecular flexibility index (Phi) is 4.69. The Morgan fingerprint density at radius 3 is 2.42 bits per heavy atom. The van der Waals surface area contributed by atoms with Gasteiger partial charge in [0, 0.05) is 5.56 Å². The number of carboxylic acids is 1. The van der Waals surface area contributed by atoms with Crippen LogP contribution in [0.5, 0.6) is 5.75 Å². The van der Waals surface area contributed by atoms with E-state index in [1.807, 2.05) is 0 Å². The van der Waals surface area contributed by atoms with Gasteiger partial charge in [0.05, 0.1) is 12.0 Å². The second kappa shape index (κ2) is 6.04. The molecule has 0 saturated carbocycles. The van der Waals surface area contributed by atoms with Crippen molar-refractivity contribution in [2.45, 2.75) is 19.5 Å². The maximum absolute atomic E-state index is 12.6. The molecule has 0 aliphatic carbocycles. The Bertz CT molecular complexity index is 525. The number of benzene rings is 1. The molecule has 0 unspecified atom stereocenters. The van der Waals surface area contributed by atoms with Crippen LogP contribution in [0.25, 0.3) is 0 Å². The second-order valence-corrected chi connectivity index (χ2v) is 3.41. The number of nitriles is 1. The normalized spacial score (nSPS) is 10.6. The molecule has 102 valence electrons. The van der Waals surface area contributed by atoms with Crippen molar-refractivity contribution >= 4 is 5.97 Å². The fourth-order valence-corrected chi connectivity index (χ4v) is 1.44. The van der Waals surface area contributed by atoms with Crippen molar-refractivity contribution in [1.82, 2.24) is 0 Å². The highest BCUT2D eigenvalue weighted by Crippen LogP contribution is 2.31. The topological polar surface area (TPSA) is 70.3 Å². The maximum Gasteiger partial charge on any atom is 0.387 e. The second-order valence-electron chi connectivity index (χ2n) is 3.41. The Morgan fingerprint density at radius 1 is 1.37 bits per heavy atom. The highest BCUT2D eigenvalue weighted by molar-refractivity contribution is 5.72. The summed E-state index contributed by atoms with van der Waals surface area (Å²) in [6.45, 7) is -3.31. The lowest BCUT2D eigenvalue weighted by Gasteiger charge is -2.12. The largest absolute Gasteiger partial charge is 0.481 e. The van der Waals surface area contributed by atoms with Gasteiger partial charge in [-0.25, -0.2) is 8.78 Å². The molecular weight excluding hydrogens is 270 g/mol. The van der Waals surface area contributed by atoms with Crippen LogP contribution in [-0.2, 0) is 11.2 Å². The summed E-state index contributed by atoms with van der Waals surface area (Å²) in [6.07, 6.45) is -3.75. The van der Waals surface area contributed by atoms with Crippen LogP contribution < -0.4 is 4.74 Å². The van der Waals surface area contributed by atoms with Crippen molar-refractivity contribution in [2.75, 3.05) is 0 Å². The number of carboxylic acid groups (broad SMARTS) is 1. The number of ether oxygens (including phenoxy) is 1. The lowest BCUT2D eigenvalue weighted by molar-refractivity contribution is -0.136. The molecule has 0 spiro atoms. The third-order valence-electron chi connectivity index (χ3n) is 2.13. The Hall–Kier alpha value is -2.30. The average Bonchev–Trinajstić information content (AvgIpc) is 2.26. The molecule has 1 rings (SSSR count). The molecule has 0 fully saturated rings. The molecule has 0 atom stereocenters. The highest BCUT2D eigenvalue weighted by Gasteiger charge is 2.20. The predicted molar refractivity (Wildman–Crippen MR) is 54.1 cm³/mol. The van der Waals surface area contributed by atoms with Gasteiger partial charge in [0.15, 0.2) is 0 Å². The molecule has 0 amide bonds. The third-order valence-corrected chi connectivity index (χ3v) is 2.13. The zero-order valence-corrected chi connectivity index (χ0v) is 9.24. The summed E-state index contributed by atoms with van der Waals surface area (Å²) in [5.41, 5.74) is -1.48. The number of rotatable bonds is 5. The minimum Gasteiger partial charge on any atom is -0.481 e. The number of alkyl halides is 4. The number of aliphatic carboxylic acids is 1. The molecule has 4 nitrogen and oxygen atoms in total. The summed E-state index contributed by atoms with van der Waals surface area (Å²) >= 11 is 0. The van der Waals surface area contributed by atoms with Gasteiger partial charge in [0.1, 0.15) is 11.8 Å². The summed E-state index contributed by atoms with van der Waals surface area (Å²) in [4.78, 5) is 10.6. The lowest BCUT2D eigenvalue weighted by Crippen LogP contribution is -2.09. The van der Waals surface area contributed by atoms with Gasteiger partial charge in [-0.15, -0.1) is 0 Å². The molecule has 0 aromatic heterocycles. The molecule has 0 saturated heterocycles. The van der Waals surface area contributed by atoms with E-state index in [1.54, 1.807) is 0 Å². The Morgan fingerprint density at radius 2 is 2.00 bits per heavy atom. The van der Waals surface area contributed by atoms with E-state index in [1.165, 1.54) is 6.07 Å². The average molecular weight is 277 g/mol. The first kappa shape index (κ1) is 14.8. The molecule has 0 aliphatic heterocycles. The van der Waals surface area contributed by atoms with Crippen molar-refractivity contribution in [1.29, 1.82) is 5.26 Å². The summed E-state index contributed by atoms with van der Waals surface area (Å²) in [6, 6.07) is 2.86. The van der Waals surface area contributed by atoms with E-state index in [4.69, 9.17) is 10.4 Å². The molecule has 1 aromatic carbocycles. The third kappa shape index (κ3) is 3.84. The summed E-state index contributed by atoms with van der Waals surface area (Å²) in [7, 11) is 0. The molecule has 0 aliphatic rings. The number of nitrogens with zero attached hydrogens (tertiary/aromatic N) is 1. The van der Waals surface area contributed by atoms with Crippen LogP contribution in [0.2, 0.25) is 0 Å². The van der Waals surface area contributed by atoms with E-state index >= 15 is 0 Å². The van der Waals surface area contributed by atoms with Gasteiger partial charge in [-0.2, -0.15) is 14.0 Å². The first-order valence-electron chi connectivity index (χ1n) is 4.86. The van der Waals surface area contributed by atoms with Gasteiger partial charge in [0.25, 0.3) is 6.43 Å². The van der Waals surface area contributed by atoms with E-state index in [-0.39, 0.29) is 5.56 Å². The monoisotopic (exact) mass is 277 g/mol. The van der Waals surface area contributed by atoms with Gasteiger partial charge in [-0.1, -0.05) is 0 Å². The first-order chi connectivity index (χ1) is 8.85. The lowest BCUT2D eigenvalue weighted by atomic mass is 10.0. The fourth-order valence-electron chi connectivity index (χ4n) is 1.44. The van der Waals surface area contributed by atoms with Crippen LogP contribution in [0.3, 0.4) is 0 Å². The Balaban J connectivity index is 3.38. The van der Waals surface area contributed by atoms with Crippen LogP contribution in [0, 0.1) is 11.3 Å². The van der Waals surface area contributed by atoms with Gasteiger partial charge in [-0.3, -0.25) is 4.79 Å². The molecule has 19 heavy (non-hydrogen) atoms. The molecule has 0 radical (unpaired) electrons. The fraction of sp³-hybridized carbons (Fsp3) is 0.273. The standard InChI is InChI=1S/C11H7F4NO3/c12-10(13)6-1-5(3-9(17)18)7(4-16)8(2-6)19-11(14)15/h1-2,10-11H,3H2,(H,17,18). The smallest absolute Gasteiger partial charge is 0.387 e. The summed E-state index contributed by atoms with van der Waals surface area (Å²) in [5, 5.41) is 17.4. The zero-order valence-electron chi connectivity index (χ0n) is 9.24. The van der Waals surface area contributed by atoms with E-state index in [2.05, 4.69) is 4.74 Å². The van der Waals surface area contributed by atoms with Crippen LogP contribution in [0.1, 0.15) is 23.1 Å². The number of hydrogen-bond acceptors (Lipinski definition) is 3. The van der Waals surface area contributed by atoms with Gasteiger partial charge >= 0.3 is 12.6 Å². The Labute approximate surface area is 104 Å². The number of hydrogen-bond donors (Lipinski definition) is 1. The van der Waals surface area contributed by atoms with Gasteiger partial charge in [-0.05, 0) is 17.7 Å². The number of carbonyl (C=O) groups is 1. The summed E-state index contributed by atoms with van der Waals surface area (Å²) < 4.78 is 53.4. The molecule has 1 aromatic rings. The van der Waals surface area contributed by atoms with Gasteiger partial charge < -0.3 is 9.84 Å². The minimum absolute atomic E-state index is 0.302. The first-order valence-corrected chi connectivity index (χ1v) is 4.86. The van der Waals surface area contributed by atoms with Gasteiger partial charge in [0.2, 0.25) is 0 Å². The van der Waals surface area contributed by atoms with E-state index in [0.717, 1.165) is 6.07 Å². The van der Waals surface area contributed by atoms with Crippen molar-refractivity contribution in [3.05, 3.63) is 28.8 Å². The van der Waals surface area contributed by atoms with Crippen molar-refractivity contribution in [3.8, 4) is 11.8 Å². The SMILES string of the molecule is N#Cc1c(CC(=O)O)cc(C(F)F)cc1OC(F)F. The van der Waals surface area contributed by atoms with E-state index in [0.29, 0.717) is 6.07 Å².